The van der Waals surface area contributed by atoms with Crippen molar-refractivity contribution in [2.45, 2.75) is 38.3 Å². The van der Waals surface area contributed by atoms with E-state index < -0.39 is 17.6 Å². The van der Waals surface area contributed by atoms with Crippen LogP contribution in [-0.2, 0) is 24.1 Å². The van der Waals surface area contributed by atoms with Gasteiger partial charge in [-0.2, -0.15) is 13.2 Å². The molecule has 1 aromatic heterocycles. The summed E-state index contributed by atoms with van der Waals surface area (Å²) in [5.74, 6) is 0.776. The maximum absolute atomic E-state index is 12.8. The Labute approximate surface area is 192 Å². The normalized spacial score (nSPS) is 11.4. The summed E-state index contributed by atoms with van der Waals surface area (Å²) in [5, 5.41) is 11.8. The maximum atomic E-state index is 12.8. The molecule has 0 aliphatic carbocycles. The molecular formula is C21H20ClF3N4O2S. The lowest BCUT2D eigenvalue weighted by Crippen LogP contribution is -2.15. The zero-order valence-electron chi connectivity index (χ0n) is 17.2. The number of carbonyl (C=O) groups excluding carboxylic acids is 1. The van der Waals surface area contributed by atoms with Crippen molar-refractivity contribution in [1.82, 2.24) is 14.8 Å². The number of alkyl halides is 3. The molecule has 1 N–H and O–H groups in total. The second-order valence-corrected chi connectivity index (χ2v) is 8.14. The molecule has 0 spiro atoms. The highest BCUT2D eigenvalue weighted by Gasteiger charge is 2.30. The Bertz CT molecular complexity index is 1100. The average molecular weight is 485 g/mol. The number of nitrogens with zero attached hydrogens (tertiary/aromatic N) is 3. The third-order valence-corrected chi connectivity index (χ3v) is 5.61. The van der Waals surface area contributed by atoms with Gasteiger partial charge < -0.3 is 14.6 Å². The van der Waals surface area contributed by atoms with Crippen molar-refractivity contribution in [2.24, 2.45) is 0 Å². The Hall–Kier alpha value is -2.72. The summed E-state index contributed by atoms with van der Waals surface area (Å²) in [6.45, 7) is 4.53. The fourth-order valence-corrected chi connectivity index (χ4v) is 3.92. The van der Waals surface area contributed by atoms with Crippen LogP contribution in [0.5, 0.6) is 5.75 Å². The van der Waals surface area contributed by atoms with Crippen LogP contribution in [0.25, 0.3) is 0 Å². The number of nitrogens with one attached hydrogen (secondary N) is 1. The van der Waals surface area contributed by atoms with Crippen LogP contribution in [0.2, 0.25) is 5.02 Å². The number of amides is 1. The van der Waals surface area contributed by atoms with E-state index in [0.29, 0.717) is 28.3 Å². The van der Waals surface area contributed by atoms with Crippen LogP contribution in [0, 0.1) is 6.92 Å². The van der Waals surface area contributed by atoms with Crippen molar-refractivity contribution in [3.05, 3.63) is 64.4 Å². The Balaban J connectivity index is 1.59. The van der Waals surface area contributed by atoms with E-state index in [1.807, 2.05) is 18.4 Å². The van der Waals surface area contributed by atoms with Gasteiger partial charge in [0.2, 0.25) is 5.91 Å². The minimum atomic E-state index is -4.48. The van der Waals surface area contributed by atoms with E-state index in [-0.39, 0.29) is 18.0 Å². The topological polar surface area (TPSA) is 69.0 Å². The monoisotopic (exact) mass is 484 g/mol. The largest absolute Gasteiger partial charge is 0.485 e. The quantitative estimate of drug-likeness (QED) is 0.422. The smallest absolute Gasteiger partial charge is 0.416 e. The van der Waals surface area contributed by atoms with Crippen molar-refractivity contribution in [2.75, 3.05) is 11.1 Å². The van der Waals surface area contributed by atoms with E-state index in [4.69, 9.17) is 16.3 Å². The predicted molar refractivity (Wildman–Crippen MR) is 117 cm³/mol. The standard InChI is InChI=1S/C21H20ClF3N4O2S/c1-3-29-18(11-31-17-8-7-15(22)9-13(17)2)27-28-20(29)32-12-19(30)26-16-6-4-5-14(10-16)21(23,24)25/h4-10H,3,11-12H2,1-2H3,(H,26,30). The number of ether oxygens (including phenoxy) is 1. The molecule has 3 aromatic rings. The third kappa shape index (κ3) is 6.17. The number of benzene rings is 2. The third-order valence-electron chi connectivity index (χ3n) is 4.41. The molecule has 0 aliphatic heterocycles. The molecule has 0 fully saturated rings. The van der Waals surface area contributed by atoms with Crippen LogP contribution in [0.3, 0.4) is 0 Å². The lowest BCUT2D eigenvalue weighted by atomic mass is 10.2. The summed E-state index contributed by atoms with van der Waals surface area (Å²) in [7, 11) is 0. The van der Waals surface area contributed by atoms with Gasteiger partial charge in [-0.3, -0.25) is 4.79 Å². The molecule has 1 amide bonds. The van der Waals surface area contributed by atoms with Crippen LogP contribution >= 0.6 is 23.4 Å². The molecule has 2 aromatic carbocycles. The van der Waals surface area contributed by atoms with Crippen molar-refractivity contribution >= 4 is 35.0 Å². The molecule has 0 bridgehead atoms. The molecule has 0 radical (unpaired) electrons. The molecule has 0 atom stereocenters. The first kappa shape index (κ1) is 23.9. The van der Waals surface area contributed by atoms with E-state index in [0.717, 1.165) is 29.5 Å². The predicted octanol–water partition coefficient (Wildman–Crippen LogP) is 5.59. The SMILES string of the molecule is CCn1c(COc2ccc(Cl)cc2C)nnc1SCC(=O)Nc1cccc(C(F)(F)F)c1. The number of hydrogen-bond acceptors (Lipinski definition) is 5. The van der Waals surface area contributed by atoms with Gasteiger partial charge in [0.25, 0.3) is 0 Å². The maximum Gasteiger partial charge on any atom is 0.416 e. The summed E-state index contributed by atoms with van der Waals surface area (Å²) < 4.78 is 46.1. The molecule has 0 unspecified atom stereocenters. The van der Waals surface area contributed by atoms with Crippen molar-refractivity contribution in [1.29, 1.82) is 0 Å². The number of anilines is 1. The van der Waals surface area contributed by atoms with Gasteiger partial charge in [-0.25, -0.2) is 0 Å². The van der Waals surface area contributed by atoms with Crippen LogP contribution in [0.1, 0.15) is 23.9 Å². The summed E-state index contributed by atoms with van der Waals surface area (Å²) in [5.41, 5.74) is 0.143. The highest BCUT2D eigenvalue weighted by Crippen LogP contribution is 2.30. The lowest BCUT2D eigenvalue weighted by molar-refractivity contribution is -0.137. The summed E-state index contributed by atoms with van der Waals surface area (Å²) in [6, 6.07) is 9.80. The van der Waals surface area contributed by atoms with E-state index >= 15 is 0 Å². The number of aryl methyl sites for hydroxylation is 1. The Morgan fingerprint density at radius 1 is 1.22 bits per heavy atom. The first-order valence-electron chi connectivity index (χ1n) is 9.58. The van der Waals surface area contributed by atoms with Crippen molar-refractivity contribution in [3.8, 4) is 5.75 Å². The first-order valence-corrected chi connectivity index (χ1v) is 10.9. The Kier molecular flexibility index (Phi) is 7.68. The molecular weight excluding hydrogens is 465 g/mol. The Morgan fingerprint density at radius 2 is 2.00 bits per heavy atom. The fraction of sp³-hybridized carbons (Fsp3) is 0.286. The molecule has 0 aliphatic rings. The molecule has 1 heterocycles. The average Bonchev–Trinajstić information content (AvgIpc) is 3.13. The summed E-state index contributed by atoms with van der Waals surface area (Å²) in [4.78, 5) is 12.2. The molecule has 32 heavy (non-hydrogen) atoms. The van der Waals surface area contributed by atoms with Crippen LogP contribution in [-0.4, -0.2) is 26.4 Å². The van der Waals surface area contributed by atoms with E-state index in [2.05, 4.69) is 15.5 Å². The van der Waals surface area contributed by atoms with Gasteiger partial charge in [0, 0.05) is 17.3 Å². The van der Waals surface area contributed by atoms with Crippen molar-refractivity contribution in [3.63, 3.8) is 0 Å². The number of hydrogen-bond donors (Lipinski definition) is 1. The van der Waals surface area contributed by atoms with E-state index in [1.165, 1.54) is 12.1 Å². The first-order chi connectivity index (χ1) is 15.2. The zero-order valence-corrected chi connectivity index (χ0v) is 18.8. The summed E-state index contributed by atoms with van der Waals surface area (Å²) in [6.07, 6.45) is -4.48. The minimum absolute atomic E-state index is 0.0362. The highest BCUT2D eigenvalue weighted by atomic mass is 35.5. The van der Waals surface area contributed by atoms with Crippen LogP contribution in [0.4, 0.5) is 18.9 Å². The molecule has 0 saturated carbocycles. The zero-order chi connectivity index (χ0) is 23.3. The van der Waals surface area contributed by atoms with Crippen molar-refractivity contribution < 1.29 is 22.7 Å². The number of halogens is 4. The number of thioether (sulfide) groups is 1. The molecule has 3 rings (SSSR count). The molecule has 11 heteroatoms. The second-order valence-electron chi connectivity index (χ2n) is 6.76. The Morgan fingerprint density at radius 3 is 2.69 bits per heavy atom. The van der Waals surface area contributed by atoms with Gasteiger partial charge in [0.1, 0.15) is 12.4 Å². The van der Waals surface area contributed by atoms with Crippen LogP contribution < -0.4 is 10.1 Å². The minimum Gasteiger partial charge on any atom is -0.485 e. The molecule has 6 nitrogen and oxygen atoms in total. The molecule has 0 saturated heterocycles. The highest BCUT2D eigenvalue weighted by molar-refractivity contribution is 7.99. The van der Waals surface area contributed by atoms with Gasteiger partial charge in [-0.1, -0.05) is 29.4 Å². The molecule has 170 valence electrons. The summed E-state index contributed by atoms with van der Waals surface area (Å²) >= 11 is 7.10. The van der Waals surface area contributed by atoms with Gasteiger partial charge in [0.05, 0.1) is 11.3 Å². The second kappa shape index (κ2) is 10.3. The van der Waals surface area contributed by atoms with Gasteiger partial charge in [-0.15, -0.1) is 10.2 Å². The fourth-order valence-electron chi connectivity index (χ4n) is 2.87. The van der Waals surface area contributed by atoms with Gasteiger partial charge >= 0.3 is 6.18 Å². The van der Waals surface area contributed by atoms with Gasteiger partial charge in [0.15, 0.2) is 11.0 Å². The van der Waals surface area contributed by atoms with E-state index in [9.17, 15) is 18.0 Å². The number of carbonyl (C=O) groups is 1. The number of aromatic nitrogens is 3. The van der Waals surface area contributed by atoms with Gasteiger partial charge in [-0.05, 0) is 55.8 Å². The number of rotatable bonds is 8. The van der Waals surface area contributed by atoms with E-state index in [1.54, 1.807) is 18.2 Å². The lowest BCUT2D eigenvalue weighted by Gasteiger charge is -2.11. The van der Waals surface area contributed by atoms with Crippen LogP contribution in [0.15, 0.2) is 47.6 Å².